The topological polar surface area (TPSA) is 118 Å². The Kier molecular flexibility index (Phi) is 11.0. The number of aliphatic hydroxyl groups excluding tert-OH is 1. The molecule has 0 spiro atoms. The molecule has 7 nitrogen and oxygen atoms in total. The Morgan fingerprint density at radius 1 is 0.830 bits per heavy atom. The van der Waals surface area contributed by atoms with Crippen molar-refractivity contribution in [1.82, 2.24) is 0 Å². The average Bonchev–Trinajstić information content (AvgIpc) is 3.46. The van der Waals surface area contributed by atoms with Crippen LogP contribution in [0.4, 0.5) is 14.9 Å². The van der Waals surface area contributed by atoms with Crippen LogP contribution in [-0.4, -0.2) is 31.0 Å². The maximum atomic E-state index is 12.8. The van der Waals surface area contributed by atoms with Gasteiger partial charge in [-0.05, 0) is 76.7 Å². The fraction of sp³-hybridized carbons (Fsp3) is 0.162. The van der Waals surface area contributed by atoms with Crippen LogP contribution in [0, 0.1) is 5.82 Å². The van der Waals surface area contributed by atoms with E-state index in [9.17, 15) is 33.7 Å². The van der Waals surface area contributed by atoms with E-state index in [1.165, 1.54) is 36.0 Å². The Morgan fingerprint density at radius 2 is 1.40 bits per heavy atom. The van der Waals surface area contributed by atoms with Crippen LogP contribution in [0.3, 0.4) is 0 Å². The third-order valence-corrected chi connectivity index (χ3v) is 9.77. The number of carbonyl (C=O) groups is 1. The summed E-state index contributed by atoms with van der Waals surface area (Å²) in [5.41, 5.74) is 5.78. The molecular formula is C37H35FNO6PS. The first-order valence-electron chi connectivity index (χ1n) is 15.1. The second kappa shape index (κ2) is 15.1. The Morgan fingerprint density at radius 3 is 2.00 bits per heavy atom. The summed E-state index contributed by atoms with van der Waals surface area (Å²) in [6.45, 7) is 2.01. The van der Waals surface area contributed by atoms with Crippen molar-refractivity contribution in [3.8, 4) is 28.0 Å². The van der Waals surface area contributed by atoms with Crippen molar-refractivity contribution >= 4 is 35.6 Å². The van der Waals surface area contributed by atoms with Gasteiger partial charge in [0.2, 0.25) is 0 Å². The molecule has 4 N–H and O–H groups in total. The number of halogens is 1. The number of hydrogen-bond acceptors (Lipinski definition) is 5. The van der Waals surface area contributed by atoms with Crippen molar-refractivity contribution in [2.45, 2.75) is 31.9 Å². The molecule has 1 aliphatic rings. The van der Waals surface area contributed by atoms with E-state index in [2.05, 4.69) is 0 Å². The van der Waals surface area contributed by atoms with Crippen molar-refractivity contribution in [3.05, 3.63) is 138 Å². The van der Waals surface area contributed by atoms with Gasteiger partial charge in [0, 0.05) is 17.0 Å². The summed E-state index contributed by atoms with van der Waals surface area (Å²) >= 11 is 1.22. The van der Waals surface area contributed by atoms with Gasteiger partial charge >= 0.3 is 7.60 Å². The van der Waals surface area contributed by atoms with Gasteiger partial charge in [0.1, 0.15) is 11.6 Å². The lowest BCUT2D eigenvalue weighted by Crippen LogP contribution is -2.26. The van der Waals surface area contributed by atoms with Crippen molar-refractivity contribution in [1.29, 1.82) is 0 Å². The molecule has 1 aliphatic heterocycles. The predicted octanol–water partition coefficient (Wildman–Crippen LogP) is 8.60. The van der Waals surface area contributed by atoms with Gasteiger partial charge in [-0.3, -0.25) is 14.3 Å². The molecule has 2 unspecified atom stereocenters. The number of amides is 1. The molecule has 242 valence electrons. The monoisotopic (exact) mass is 671 g/mol. The number of rotatable bonds is 8. The minimum Gasteiger partial charge on any atom is -0.508 e. The zero-order valence-electron chi connectivity index (χ0n) is 25.6. The van der Waals surface area contributed by atoms with Gasteiger partial charge in [0.15, 0.2) is 0 Å². The van der Waals surface area contributed by atoms with E-state index in [4.69, 9.17) is 0 Å². The number of benzene rings is 5. The van der Waals surface area contributed by atoms with Crippen molar-refractivity contribution in [2.24, 2.45) is 0 Å². The van der Waals surface area contributed by atoms with Gasteiger partial charge in [0.05, 0.1) is 17.5 Å². The zero-order chi connectivity index (χ0) is 33.6. The highest BCUT2D eigenvalue weighted by atomic mass is 32.2. The Labute approximate surface area is 277 Å². The number of phenolic OH excluding ortho intramolecular Hbond substituents is 1. The highest BCUT2D eigenvalue weighted by Gasteiger charge is 2.35. The average molecular weight is 672 g/mol. The lowest BCUT2D eigenvalue weighted by atomic mass is 9.99. The highest BCUT2D eigenvalue weighted by molar-refractivity contribution is 8.14. The molecule has 5 aromatic rings. The van der Waals surface area contributed by atoms with E-state index in [-0.39, 0.29) is 28.2 Å². The van der Waals surface area contributed by atoms with E-state index < -0.39 is 13.7 Å². The minimum absolute atomic E-state index is 0.0579. The van der Waals surface area contributed by atoms with E-state index in [1.807, 2.05) is 67.6 Å². The van der Waals surface area contributed by atoms with Crippen LogP contribution in [-0.2, 0) is 4.57 Å². The summed E-state index contributed by atoms with van der Waals surface area (Å²) in [4.78, 5) is 33.1. The number of aromatic hydroxyl groups is 1. The first-order valence-corrected chi connectivity index (χ1v) is 17.7. The molecule has 0 bridgehead atoms. The molecule has 1 fully saturated rings. The summed E-state index contributed by atoms with van der Waals surface area (Å²) in [6.07, 6.45) is 1.21. The van der Waals surface area contributed by atoms with Crippen LogP contribution in [0.5, 0.6) is 5.75 Å². The number of anilines is 1. The number of nitrogens with zero attached hydrogens (tertiary/aromatic N) is 1. The fourth-order valence-corrected chi connectivity index (χ4v) is 6.90. The normalized spacial score (nSPS) is 15.2. The first kappa shape index (κ1) is 34.1. The lowest BCUT2D eigenvalue weighted by molar-refractivity contribution is 0.166. The van der Waals surface area contributed by atoms with Gasteiger partial charge in [-0.1, -0.05) is 104 Å². The van der Waals surface area contributed by atoms with Crippen LogP contribution in [0.1, 0.15) is 43.0 Å². The summed E-state index contributed by atoms with van der Waals surface area (Å²) in [5.74, 6) is 0.318. The summed E-state index contributed by atoms with van der Waals surface area (Å²) in [7, 11) is -4.31. The Bertz CT molecular complexity index is 1850. The first-order chi connectivity index (χ1) is 22.5. The smallest absolute Gasteiger partial charge is 0.356 e. The molecule has 1 amide bonds. The molecule has 1 heterocycles. The fourth-order valence-electron chi connectivity index (χ4n) is 5.36. The minimum atomic E-state index is -4.31. The van der Waals surface area contributed by atoms with E-state index in [0.29, 0.717) is 22.4 Å². The van der Waals surface area contributed by atoms with Crippen LogP contribution in [0.2, 0.25) is 0 Å². The molecule has 1 saturated heterocycles. The van der Waals surface area contributed by atoms with Crippen molar-refractivity contribution in [3.63, 3.8) is 0 Å². The summed E-state index contributed by atoms with van der Waals surface area (Å²) < 4.78 is 23.9. The molecule has 6 rings (SSSR count). The van der Waals surface area contributed by atoms with Gasteiger partial charge in [-0.2, -0.15) is 0 Å². The van der Waals surface area contributed by atoms with Crippen LogP contribution in [0.15, 0.2) is 121 Å². The number of phenols is 1. The molecule has 5 aromatic carbocycles. The van der Waals surface area contributed by atoms with Crippen LogP contribution < -0.4 is 10.2 Å². The molecule has 0 aliphatic carbocycles. The third-order valence-electron chi connectivity index (χ3n) is 7.87. The van der Waals surface area contributed by atoms with E-state index in [0.717, 1.165) is 35.2 Å². The van der Waals surface area contributed by atoms with Gasteiger partial charge < -0.3 is 20.0 Å². The molecule has 47 heavy (non-hydrogen) atoms. The quantitative estimate of drug-likeness (QED) is 0.122. The number of thioether (sulfide) groups is 1. The second-order valence-corrected chi connectivity index (χ2v) is 13.7. The molecule has 2 atom stereocenters. The van der Waals surface area contributed by atoms with Gasteiger partial charge in [0.25, 0.3) is 5.24 Å². The van der Waals surface area contributed by atoms with Gasteiger partial charge in [-0.25, -0.2) is 4.39 Å². The van der Waals surface area contributed by atoms with Crippen LogP contribution >= 0.6 is 19.4 Å². The maximum Gasteiger partial charge on any atom is 0.356 e. The molecular weight excluding hydrogens is 636 g/mol. The molecule has 0 saturated carbocycles. The zero-order valence-corrected chi connectivity index (χ0v) is 27.3. The number of aliphatic hydroxyl groups is 1. The maximum absolute atomic E-state index is 12.8. The number of hydrogen-bond donors (Lipinski definition) is 4. The molecule has 0 aromatic heterocycles. The molecule has 10 heteroatoms. The third kappa shape index (κ3) is 8.38. The standard InChI is InChI=1S/C27H22NO5PS.C10H13FO/c29-26-16-21(20-8-13-23(14-9-20)34(31,32)33)10-15-24(26)25-17-35-27(30)28(25)22-11-6-19(7-12-22)18-4-2-1-3-5-18;1-2-3-10(12)8-4-6-9(11)7-5-8/h1-16,25,29H,17H2,(H2,31,32,33);4-7,10,12H,2-3H2,1H3. The lowest BCUT2D eigenvalue weighted by Gasteiger charge is -2.25. The Balaban J connectivity index is 0.000000305. The van der Waals surface area contributed by atoms with E-state index >= 15 is 0 Å². The number of carbonyl (C=O) groups excluding carboxylic acids is 1. The second-order valence-electron chi connectivity index (χ2n) is 11.1. The largest absolute Gasteiger partial charge is 0.508 e. The Hall–Kier alpha value is -4.24. The van der Waals surface area contributed by atoms with Crippen molar-refractivity contribution < 1.29 is 33.7 Å². The summed E-state index contributed by atoms with van der Waals surface area (Å²) in [6, 6.07) is 34.7. The summed E-state index contributed by atoms with van der Waals surface area (Å²) in [5, 5.41) is 20.2. The predicted molar refractivity (Wildman–Crippen MR) is 186 cm³/mol. The SMILES string of the molecule is CCCC(O)c1ccc(F)cc1.O=C1SCC(c2ccc(-c3ccc(P(=O)(O)O)cc3)cc2O)N1c1ccc(-c2ccccc2)cc1. The molecule has 0 radical (unpaired) electrons. The van der Waals surface area contributed by atoms with Crippen molar-refractivity contribution in [2.75, 3.05) is 10.7 Å². The highest BCUT2D eigenvalue weighted by Crippen LogP contribution is 2.43. The van der Waals surface area contributed by atoms with Gasteiger partial charge in [-0.15, -0.1) is 0 Å². The van der Waals surface area contributed by atoms with E-state index in [1.54, 1.807) is 41.3 Å². The van der Waals surface area contributed by atoms with Crippen LogP contribution in [0.25, 0.3) is 22.3 Å².